The van der Waals surface area contributed by atoms with Gasteiger partial charge in [-0.15, -0.1) is 0 Å². The maximum absolute atomic E-state index is 12.4. The second kappa shape index (κ2) is 6.96. The standard InChI is InChI=1S/C16H20N2O/c17-10-6-8-14-7-5-9-15(13-14)16(19)18-11-3-1-2-4-12-18/h5,7,9,13H,1-4,10-12,17H2. The third-order valence-corrected chi connectivity index (χ3v) is 3.34. The Morgan fingerprint density at radius 1 is 1.21 bits per heavy atom. The predicted octanol–water partition coefficient (Wildman–Crippen LogP) is 2.01. The molecule has 0 bridgehead atoms. The van der Waals surface area contributed by atoms with Gasteiger partial charge in [-0.1, -0.05) is 30.7 Å². The van der Waals surface area contributed by atoms with Crippen LogP contribution in [0.1, 0.15) is 41.6 Å². The number of nitrogens with two attached hydrogens (primary N) is 1. The lowest BCUT2D eigenvalue weighted by Crippen LogP contribution is -2.31. The Hall–Kier alpha value is -1.79. The Bertz CT molecular complexity index is 491. The minimum Gasteiger partial charge on any atom is -0.339 e. The van der Waals surface area contributed by atoms with E-state index in [1.807, 2.05) is 29.2 Å². The fourth-order valence-electron chi connectivity index (χ4n) is 2.34. The van der Waals surface area contributed by atoms with Gasteiger partial charge in [-0.3, -0.25) is 4.79 Å². The third kappa shape index (κ3) is 3.84. The van der Waals surface area contributed by atoms with Gasteiger partial charge in [0, 0.05) is 24.2 Å². The van der Waals surface area contributed by atoms with E-state index in [4.69, 9.17) is 5.73 Å². The summed E-state index contributed by atoms with van der Waals surface area (Å²) < 4.78 is 0. The van der Waals surface area contributed by atoms with Crippen LogP contribution in [0.5, 0.6) is 0 Å². The highest BCUT2D eigenvalue weighted by Crippen LogP contribution is 2.14. The molecule has 100 valence electrons. The van der Waals surface area contributed by atoms with Crippen LogP contribution in [0.4, 0.5) is 0 Å². The molecule has 19 heavy (non-hydrogen) atoms. The topological polar surface area (TPSA) is 46.3 Å². The zero-order valence-electron chi connectivity index (χ0n) is 11.2. The van der Waals surface area contributed by atoms with E-state index in [1.165, 1.54) is 12.8 Å². The van der Waals surface area contributed by atoms with Gasteiger partial charge in [0.1, 0.15) is 0 Å². The molecule has 1 aliphatic heterocycles. The molecule has 3 nitrogen and oxygen atoms in total. The Morgan fingerprint density at radius 2 is 1.95 bits per heavy atom. The second-order valence-electron chi connectivity index (χ2n) is 4.79. The molecule has 1 saturated heterocycles. The largest absolute Gasteiger partial charge is 0.339 e. The van der Waals surface area contributed by atoms with Crippen LogP contribution in [-0.2, 0) is 0 Å². The van der Waals surface area contributed by atoms with Gasteiger partial charge >= 0.3 is 0 Å². The zero-order valence-corrected chi connectivity index (χ0v) is 11.2. The van der Waals surface area contributed by atoms with E-state index in [0.29, 0.717) is 6.54 Å². The molecule has 1 aliphatic rings. The van der Waals surface area contributed by atoms with Crippen LogP contribution in [0.2, 0.25) is 0 Å². The molecule has 0 unspecified atom stereocenters. The van der Waals surface area contributed by atoms with E-state index in [2.05, 4.69) is 11.8 Å². The van der Waals surface area contributed by atoms with Crippen LogP contribution in [0.25, 0.3) is 0 Å². The number of hydrogen-bond acceptors (Lipinski definition) is 2. The molecule has 1 amide bonds. The molecule has 1 heterocycles. The van der Waals surface area contributed by atoms with Crippen LogP contribution < -0.4 is 5.73 Å². The van der Waals surface area contributed by atoms with Gasteiger partial charge in [-0.2, -0.15) is 0 Å². The number of nitrogens with zero attached hydrogens (tertiary/aromatic N) is 1. The van der Waals surface area contributed by atoms with Crippen molar-refractivity contribution < 1.29 is 4.79 Å². The van der Waals surface area contributed by atoms with E-state index < -0.39 is 0 Å². The Balaban J connectivity index is 2.13. The lowest BCUT2D eigenvalue weighted by atomic mass is 10.1. The van der Waals surface area contributed by atoms with Crippen LogP contribution in [0.15, 0.2) is 24.3 Å². The molecule has 1 aromatic rings. The van der Waals surface area contributed by atoms with Crippen molar-refractivity contribution in [2.24, 2.45) is 5.73 Å². The van der Waals surface area contributed by atoms with E-state index in [-0.39, 0.29) is 5.91 Å². The fraction of sp³-hybridized carbons (Fsp3) is 0.438. The van der Waals surface area contributed by atoms with Gasteiger partial charge < -0.3 is 10.6 Å². The lowest BCUT2D eigenvalue weighted by molar-refractivity contribution is 0.0761. The minimum atomic E-state index is 0.123. The first-order valence-electron chi connectivity index (χ1n) is 6.89. The molecular weight excluding hydrogens is 236 g/mol. The van der Waals surface area contributed by atoms with Crippen molar-refractivity contribution in [3.05, 3.63) is 35.4 Å². The van der Waals surface area contributed by atoms with E-state index >= 15 is 0 Å². The van der Waals surface area contributed by atoms with Crippen molar-refractivity contribution in [1.29, 1.82) is 0 Å². The van der Waals surface area contributed by atoms with Crippen molar-refractivity contribution in [3.63, 3.8) is 0 Å². The number of rotatable bonds is 1. The SMILES string of the molecule is NCC#Cc1cccc(C(=O)N2CCCCCC2)c1. The number of benzene rings is 1. The summed E-state index contributed by atoms with van der Waals surface area (Å²) in [7, 11) is 0. The summed E-state index contributed by atoms with van der Waals surface area (Å²) in [5.41, 5.74) is 6.94. The van der Waals surface area contributed by atoms with E-state index in [1.54, 1.807) is 0 Å². The van der Waals surface area contributed by atoms with Crippen LogP contribution in [0.3, 0.4) is 0 Å². The zero-order chi connectivity index (χ0) is 13.5. The van der Waals surface area contributed by atoms with Gasteiger partial charge in [0.15, 0.2) is 0 Å². The number of hydrogen-bond donors (Lipinski definition) is 1. The highest BCUT2D eigenvalue weighted by molar-refractivity contribution is 5.94. The number of amides is 1. The minimum absolute atomic E-state index is 0.123. The molecule has 3 heteroatoms. The van der Waals surface area contributed by atoms with Crippen LogP contribution >= 0.6 is 0 Å². The van der Waals surface area contributed by atoms with E-state index in [0.717, 1.165) is 37.1 Å². The fourth-order valence-corrected chi connectivity index (χ4v) is 2.34. The Kier molecular flexibility index (Phi) is 5.00. The summed E-state index contributed by atoms with van der Waals surface area (Å²) >= 11 is 0. The maximum Gasteiger partial charge on any atom is 0.253 e. The smallest absolute Gasteiger partial charge is 0.253 e. The predicted molar refractivity (Wildman–Crippen MR) is 76.7 cm³/mol. The molecule has 1 fully saturated rings. The molecule has 0 aromatic heterocycles. The average Bonchev–Trinajstić information content (AvgIpc) is 2.73. The summed E-state index contributed by atoms with van der Waals surface area (Å²) in [6, 6.07) is 7.50. The molecule has 0 saturated carbocycles. The summed E-state index contributed by atoms with van der Waals surface area (Å²) in [4.78, 5) is 14.4. The number of carbonyl (C=O) groups is 1. The maximum atomic E-state index is 12.4. The second-order valence-corrected chi connectivity index (χ2v) is 4.79. The monoisotopic (exact) mass is 256 g/mol. The Labute approximate surface area is 114 Å². The van der Waals surface area contributed by atoms with E-state index in [9.17, 15) is 4.79 Å². The first-order chi connectivity index (χ1) is 9.31. The average molecular weight is 256 g/mol. The highest BCUT2D eigenvalue weighted by atomic mass is 16.2. The molecule has 1 aromatic carbocycles. The molecule has 0 aliphatic carbocycles. The normalized spacial score (nSPS) is 15.3. The number of carbonyl (C=O) groups excluding carboxylic acids is 1. The molecule has 0 atom stereocenters. The molecule has 0 radical (unpaired) electrons. The summed E-state index contributed by atoms with van der Waals surface area (Å²) in [6.07, 6.45) is 4.68. The van der Waals surface area contributed by atoms with Crippen molar-refractivity contribution in [3.8, 4) is 11.8 Å². The quantitative estimate of drug-likeness (QED) is 0.781. The summed E-state index contributed by atoms with van der Waals surface area (Å²) in [5.74, 6) is 5.91. The van der Waals surface area contributed by atoms with Gasteiger partial charge in [0.2, 0.25) is 0 Å². The van der Waals surface area contributed by atoms with Gasteiger partial charge in [-0.05, 0) is 31.0 Å². The molecule has 2 N–H and O–H groups in total. The Morgan fingerprint density at radius 3 is 2.63 bits per heavy atom. The van der Waals surface area contributed by atoms with Crippen LogP contribution in [-0.4, -0.2) is 30.4 Å². The van der Waals surface area contributed by atoms with Crippen molar-refractivity contribution >= 4 is 5.91 Å². The third-order valence-electron chi connectivity index (χ3n) is 3.34. The molecular formula is C16H20N2O. The van der Waals surface area contributed by atoms with Gasteiger partial charge in [0.05, 0.1) is 6.54 Å². The molecule has 0 spiro atoms. The number of likely N-dealkylation sites (tertiary alicyclic amines) is 1. The van der Waals surface area contributed by atoms with Crippen LogP contribution in [0, 0.1) is 11.8 Å². The van der Waals surface area contributed by atoms with Gasteiger partial charge in [0.25, 0.3) is 5.91 Å². The van der Waals surface area contributed by atoms with Crippen molar-refractivity contribution in [2.75, 3.05) is 19.6 Å². The van der Waals surface area contributed by atoms with Gasteiger partial charge in [-0.25, -0.2) is 0 Å². The summed E-state index contributed by atoms with van der Waals surface area (Å²) in [5, 5.41) is 0. The van der Waals surface area contributed by atoms with Crippen molar-refractivity contribution in [1.82, 2.24) is 4.90 Å². The first-order valence-corrected chi connectivity index (χ1v) is 6.89. The van der Waals surface area contributed by atoms with Crippen molar-refractivity contribution in [2.45, 2.75) is 25.7 Å². The lowest BCUT2D eigenvalue weighted by Gasteiger charge is -2.20. The first kappa shape index (κ1) is 13.6. The summed E-state index contributed by atoms with van der Waals surface area (Å²) in [6.45, 7) is 2.08. The molecule has 2 rings (SSSR count). The highest BCUT2D eigenvalue weighted by Gasteiger charge is 2.17.